The highest BCUT2D eigenvalue weighted by atomic mass is 35.5. The molecule has 0 aliphatic heterocycles. The van der Waals surface area contributed by atoms with E-state index in [1.54, 1.807) is 6.08 Å². The minimum Gasteiger partial charge on any atom is -0.391 e. The Morgan fingerprint density at radius 3 is 2.69 bits per heavy atom. The maximum Gasteiger partial charge on any atom is 0.142 e. The summed E-state index contributed by atoms with van der Waals surface area (Å²) in [4.78, 5) is 4.96. The molecule has 0 N–H and O–H groups in total. The second-order valence-corrected chi connectivity index (χ2v) is 2.83. The van der Waals surface area contributed by atoms with Crippen molar-refractivity contribution in [1.29, 1.82) is 0 Å². The summed E-state index contributed by atoms with van der Waals surface area (Å²) in [6.45, 7) is 3.92. The van der Waals surface area contributed by atoms with Crippen molar-refractivity contribution in [2.75, 3.05) is 0 Å². The number of hydrogen-bond acceptors (Lipinski definition) is 2. The average molecular weight is 196 g/mol. The molecule has 0 amide bonds. The van der Waals surface area contributed by atoms with Gasteiger partial charge in [-0.2, -0.15) is 0 Å². The van der Waals surface area contributed by atoms with E-state index in [0.717, 1.165) is 10.6 Å². The summed E-state index contributed by atoms with van der Waals surface area (Å²) in [6, 6.07) is 7.42. The van der Waals surface area contributed by atoms with Gasteiger partial charge in [0.1, 0.15) is 6.61 Å². The molecule has 1 aromatic carbocycles. The van der Waals surface area contributed by atoms with Gasteiger partial charge in [-0.15, -0.1) is 0 Å². The molecule has 0 fully saturated rings. The Bertz CT molecular complexity index is 292. The molecule has 0 saturated heterocycles. The molecule has 0 unspecified atom stereocenters. The normalized spacial score (nSPS) is 10.2. The molecule has 13 heavy (non-hydrogen) atoms. The third-order valence-corrected chi connectivity index (χ3v) is 1.64. The van der Waals surface area contributed by atoms with Crippen molar-refractivity contribution in [3.8, 4) is 0 Å². The zero-order valence-electron chi connectivity index (χ0n) is 7.11. The summed E-state index contributed by atoms with van der Waals surface area (Å²) >= 11 is 5.71. The Morgan fingerprint density at radius 1 is 1.38 bits per heavy atom. The largest absolute Gasteiger partial charge is 0.391 e. The molecule has 0 spiro atoms. The zero-order chi connectivity index (χ0) is 9.52. The van der Waals surface area contributed by atoms with Crippen molar-refractivity contribution < 1.29 is 4.84 Å². The zero-order valence-corrected chi connectivity index (χ0v) is 7.87. The van der Waals surface area contributed by atoms with E-state index in [0.29, 0.717) is 6.61 Å². The van der Waals surface area contributed by atoms with Gasteiger partial charge in [-0.25, -0.2) is 0 Å². The van der Waals surface area contributed by atoms with Crippen LogP contribution in [0.4, 0.5) is 0 Å². The van der Waals surface area contributed by atoms with Gasteiger partial charge in [0.2, 0.25) is 0 Å². The quantitative estimate of drug-likeness (QED) is 0.535. The minimum atomic E-state index is 0.446. The van der Waals surface area contributed by atoms with E-state index in [1.165, 1.54) is 6.21 Å². The minimum absolute atomic E-state index is 0.446. The van der Waals surface area contributed by atoms with Gasteiger partial charge in [-0.3, -0.25) is 0 Å². The highest BCUT2D eigenvalue weighted by Gasteiger charge is 1.91. The first-order valence-electron chi connectivity index (χ1n) is 3.83. The molecular weight excluding hydrogens is 186 g/mol. The Balaban J connectivity index is 2.41. The molecular formula is C10H10ClNO. The number of hydrogen-bond donors (Lipinski definition) is 0. The van der Waals surface area contributed by atoms with Gasteiger partial charge < -0.3 is 4.84 Å². The maximum atomic E-state index is 5.71. The number of benzene rings is 1. The van der Waals surface area contributed by atoms with E-state index in [-0.39, 0.29) is 0 Å². The van der Waals surface area contributed by atoms with Crippen molar-refractivity contribution >= 4 is 17.8 Å². The molecule has 1 rings (SSSR count). The Hall–Kier alpha value is -1.28. The summed E-state index contributed by atoms with van der Waals surface area (Å²) in [7, 11) is 0. The van der Waals surface area contributed by atoms with Crippen molar-refractivity contribution in [2.45, 2.75) is 6.61 Å². The topological polar surface area (TPSA) is 21.6 Å². The summed E-state index contributed by atoms with van der Waals surface area (Å²) in [6.07, 6.45) is 3.05. The van der Waals surface area contributed by atoms with Gasteiger partial charge in [0.25, 0.3) is 0 Å². The number of nitrogens with zero attached hydrogens (tertiary/aromatic N) is 1. The molecule has 0 aliphatic rings. The Labute approximate surface area is 82.5 Å². The number of oxime groups is 1. The smallest absolute Gasteiger partial charge is 0.142 e. The van der Waals surface area contributed by atoms with Crippen LogP contribution in [0.1, 0.15) is 5.56 Å². The first kappa shape index (κ1) is 9.81. The predicted octanol–water partition coefficient (Wildman–Crippen LogP) is 3.03. The van der Waals surface area contributed by atoms with Crippen LogP contribution in [0.25, 0.3) is 0 Å². The lowest BCUT2D eigenvalue weighted by molar-refractivity contribution is 0.132. The fourth-order valence-electron chi connectivity index (χ4n) is 0.779. The van der Waals surface area contributed by atoms with E-state index in [2.05, 4.69) is 11.7 Å². The van der Waals surface area contributed by atoms with E-state index >= 15 is 0 Å². The van der Waals surface area contributed by atoms with Crippen molar-refractivity contribution in [3.05, 3.63) is 47.5 Å². The molecule has 0 bridgehead atoms. The van der Waals surface area contributed by atoms with E-state index in [1.807, 2.05) is 24.3 Å². The lowest BCUT2D eigenvalue weighted by Crippen LogP contribution is -1.85. The summed E-state index contributed by atoms with van der Waals surface area (Å²) < 4.78 is 0. The van der Waals surface area contributed by atoms with Crippen LogP contribution in [0.3, 0.4) is 0 Å². The van der Waals surface area contributed by atoms with Crippen molar-refractivity contribution in [3.63, 3.8) is 0 Å². The fourth-order valence-corrected chi connectivity index (χ4v) is 0.904. The summed E-state index contributed by atoms with van der Waals surface area (Å²) in [5.74, 6) is 0. The van der Waals surface area contributed by atoms with E-state index < -0.39 is 0 Å². The average Bonchev–Trinajstić information content (AvgIpc) is 2.15. The molecule has 0 aromatic heterocycles. The van der Waals surface area contributed by atoms with Gasteiger partial charge in [-0.05, 0) is 23.8 Å². The highest BCUT2D eigenvalue weighted by Crippen LogP contribution is 2.09. The third-order valence-electron chi connectivity index (χ3n) is 1.39. The monoisotopic (exact) mass is 195 g/mol. The molecule has 0 aliphatic carbocycles. The van der Waals surface area contributed by atoms with Crippen LogP contribution >= 0.6 is 11.6 Å². The highest BCUT2D eigenvalue weighted by molar-refractivity contribution is 6.30. The first-order valence-corrected chi connectivity index (χ1v) is 4.21. The molecule has 0 radical (unpaired) electrons. The third kappa shape index (κ3) is 3.76. The fraction of sp³-hybridized carbons (Fsp3) is 0.100. The van der Waals surface area contributed by atoms with Gasteiger partial charge in [0.15, 0.2) is 0 Å². The van der Waals surface area contributed by atoms with Crippen LogP contribution < -0.4 is 0 Å². The van der Waals surface area contributed by atoms with Crippen LogP contribution in [0.15, 0.2) is 42.1 Å². The number of rotatable bonds is 4. The Kier molecular flexibility index (Phi) is 4.06. The Morgan fingerprint density at radius 2 is 2.08 bits per heavy atom. The molecule has 3 heteroatoms. The molecule has 0 saturated carbocycles. The summed E-state index contributed by atoms with van der Waals surface area (Å²) in [5, 5.41) is 4.35. The maximum absolute atomic E-state index is 5.71. The van der Waals surface area contributed by atoms with Crippen LogP contribution in [0.2, 0.25) is 5.02 Å². The second kappa shape index (κ2) is 5.38. The molecule has 68 valence electrons. The van der Waals surface area contributed by atoms with E-state index in [4.69, 9.17) is 16.4 Å². The molecule has 2 nitrogen and oxygen atoms in total. The second-order valence-electron chi connectivity index (χ2n) is 2.39. The molecule has 0 atom stereocenters. The number of halogens is 1. The van der Waals surface area contributed by atoms with E-state index in [9.17, 15) is 0 Å². The molecule has 0 heterocycles. The van der Waals surface area contributed by atoms with Crippen LogP contribution in [0.5, 0.6) is 0 Å². The van der Waals surface area contributed by atoms with Gasteiger partial charge in [-0.1, -0.05) is 35.5 Å². The van der Waals surface area contributed by atoms with Gasteiger partial charge in [0, 0.05) is 5.02 Å². The first-order chi connectivity index (χ1) is 6.33. The van der Waals surface area contributed by atoms with Gasteiger partial charge in [0.05, 0.1) is 6.21 Å². The SMILES string of the molecule is C=C/C=N/OCc1ccc(Cl)cc1. The van der Waals surface area contributed by atoms with Crippen LogP contribution in [-0.2, 0) is 11.4 Å². The van der Waals surface area contributed by atoms with Crippen molar-refractivity contribution in [1.82, 2.24) is 0 Å². The molecule has 1 aromatic rings. The lowest BCUT2D eigenvalue weighted by atomic mass is 10.2. The van der Waals surface area contributed by atoms with Crippen LogP contribution in [-0.4, -0.2) is 6.21 Å². The standard InChI is InChI=1S/C10H10ClNO/c1-2-7-12-13-8-9-3-5-10(11)6-4-9/h2-7H,1,8H2/b12-7+. The predicted molar refractivity (Wildman–Crippen MR) is 54.9 cm³/mol. The number of allylic oxidation sites excluding steroid dienone is 1. The van der Waals surface area contributed by atoms with Crippen LogP contribution in [0, 0.1) is 0 Å². The lowest BCUT2D eigenvalue weighted by Gasteiger charge is -1.98. The van der Waals surface area contributed by atoms with Gasteiger partial charge >= 0.3 is 0 Å². The summed E-state index contributed by atoms with van der Waals surface area (Å²) in [5.41, 5.74) is 1.03. The van der Waals surface area contributed by atoms with Crippen molar-refractivity contribution in [2.24, 2.45) is 5.16 Å².